The minimum atomic E-state index is -3.77. The molecule has 0 unspecified atom stereocenters. The monoisotopic (exact) mass is 424 g/mol. The number of ether oxygens (including phenoxy) is 2. The van der Waals surface area contributed by atoms with Crippen molar-refractivity contribution in [3.05, 3.63) is 29.8 Å². The second-order valence-corrected chi connectivity index (χ2v) is 9.81. The minimum Gasteiger partial charge on any atom is -0.452 e. The van der Waals surface area contributed by atoms with Crippen molar-refractivity contribution in [2.24, 2.45) is 5.92 Å². The highest BCUT2D eigenvalue weighted by Gasteiger charge is 2.33. The van der Waals surface area contributed by atoms with E-state index in [9.17, 15) is 18.0 Å². The molecular formula is C20H28N2O6S. The van der Waals surface area contributed by atoms with Crippen LogP contribution in [-0.4, -0.2) is 62.5 Å². The van der Waals surface area contributed by atoms with E-state index >= 15 is 0 Å². The van der Waals surface area contributed by atoms with Crippen molar-refractivity contribution in [1.82, 2.24) is 9.62 Å². The van der Waals surface area contributed by atoms with Gasteiger partial charge in [0, 0.05) is 19.1 Å². The summed E-state index contributed by atoms with van der Waals surface area (Å²) in [4.78, 5) is 24.2. The predicted octanol–water partition coefficient (Wildman–Crippen LogP) is 1.56. The van der Waals surface area contributed by atoms with Crippen molar-refractivity contribution >= 4 is 21.9 Å². The van der Waals surface area contributed by atoms with Gasteiger partial charge in [0.05, 0.1) is 22.7 Å². The summed E-state index contributed by atoms with van der Waals surface area (Å²) in [5.41, 5.74) is 0.0865. The van der Waals surface area contributed by atoms with Crippen LogP contribution < -0.4 is 5.32 Å². The van der Waals surface area contributed by atoms with Crippen LogP contribution in [0, 0.1) is 5.92 Å². The summed E-state index contributed by atoms with van der Waals surface area (Å²) >= 11 is 0. The van der Waals surface area contributed by atoms with Crippen molar-refractivity contribution in [1.29, 1.82) is 0 Å². The lowest BCUT2D eigenvalue weighted by atomic mass is 10.2. The first-order valence-corrected chi connectivity index (χ1v) is 11.3. The molecule has 29 heavy (non-hydrogen) atoms. The average molecular weight is 425 g/mol. The highest BCUT2D eigenvalue weighted by Crippen LogP contribution is 2.32. The second kappa shape index (κ2) is 8.81. The molecule has 0 spiro atoms. The van der Waals surface area contributed by atoms with Gasteiger partial charge in [-0.1, -0.05) is 6.07 Å². The number of morpholine rings is 1. The molecule has 1 heterocycles. The molecule has 1 aliphatic carbocycles. The topological polar surface area (TPSA) is 102 Å². The number of esters is 1. The molecular weight excluding hydrogens is 396 g/mol. The molecule has 1 saturated carbocycles. The van der Waals surface area contributed by atoms with Gasteiger partial charge in [-0.15, -0.1) is 0 Å². The van der Waals surface area contributed by atoms with Gasteiger partial charge in [0.15, 0.2) is 6.61 Å². The van der Waals surface area contributed by atoms with Crippen molar-refractivity contribution in [2.45, 2.75) is 56.8 Å². The maximum absolute atomic E-state index is 13.0. The molecule has 1 aromatic rings. The van der Waals surface area contributed by atoms with E-state index in [0.717, 1.165) is 12.8 Å². The van der Waals surface area contributed by atoms with Gasteiger partial charge in [-0.2, -0.15) is 4.31 Å². The Hall–Kier alpha value is -1.97. The van der Waals surface area contributed by atoms with Crippen LogP contribution in [0.15, 0.2) is 29.2 Å². The van der Waals surface area contributed by atoms with Crippen LogP contribution in [0.2, 0.25) is 0 Å². The highest BCUT2D eigenvalue weighted by molar-refractivity contribution is 7.89. The Morgan fingerprint density at radius 3 is 2.52 bits per heavy atom. The molecule has 1 aliphatic heterocycles. The molecule has 8 nitrogen and oxygen atoms in total. The van der Waals surface area contributed by atoms with Crippen LogP contribution in [0.5, 0.6) is 0 Å². The summed E-state index contributed by atoms with van der Waals surface area (Å²) < 4.78 is 37.9. The van der Waals surface area contributed by atoms with E-state index in [1.54, 1.807) is 0 Å². The van der Waals surface area contributed by atoms with Gasteiger partial charge in [-0.3, -0.25) is 4.79 Å². The Balaban J connectivity index is 1.63. The van der Waals surface area contributed by atoms with E-state index in [0.29, 0.717) is 5.92 Å². The fourth-order valence-electron chi connectivity index (χ4n) is 3.48. The van der Waals surface area contributed by atoms with E-state index in [2.05, 4.69) is 5.32 Å². The number of sulfonamides is 1. The van der Waals surface area contributed by atoms with Crippen LogP contribution in [0.1, 0.15) is 44.0 Å². The standard InChI is InChI=1S/C20H28N2O6S/c1-13-10-22(11-14(2)28-13)29(25,26)18-6-4-5-17(9-18)20(24)27-12-19(23)21-15(3)16-7-8-16/h4-6,9,13-16H,7-8,10-12H2,1-3H3,(H,21,23)/t13-,14+,15-/m0/s1. The van der Waals surface area contributed by atoms with Crippen molar-refractivity contribution in [3.8, 4) is 0 Å². The van der Waals surface area contributed by atoms with Crippen LogP contribution in [0.4, 0.5) is 0 Å². The maximum atomic E-state index is 13.0. The average Bonchev–Trinajstić information content (AvgIpc) is 3.50. The summed E-state index contributed by atoms with van der Waals surface area (Å²) in [5.74, 6) is -0.597. The molecule has 1 saturated heterocycles. The third kappa shape index (κ3) is 5.55. The van der Waals surface area contributed by atoms with Crippen LogP contribution in [-0.2, 0) is 24.3 Å². The summed E-state index contributed by atoms with van der Waals surface area (Å²) in [6, 6.07) is 5.75. The number of hydrogen-bond donors (Lipinski definition) is 1. The molecule has 0 radical (unpaired) electrons. The van der Waals surface area contributed by atoms with Gasteiger partial charge in [0.1, 0.15) is 0 Å². The quantitative estimate of drug-likeness (QED) is 0.667. The second-order valence-electron chi connectivity index (χ2n) is 7.88. The number of hydrogen-bond acceptors (Lipinski definition) is 6. The zero-order valence-electron chi connectivity index (χ0n) is 17.0. The number of carbonyl (C=O) groups excluding carboxylic acids is 2. The molecule has 160 valence electrons. The maximum Gasteiger partial charge on any atom is 0.338 e. The van der Waals surface area contributed by atoms with Crippen molar-refractivity contribution < 1.29 is 27.5 Å². The van der Waals surface area contributed by atoms with E-state index < -0.39 is 22.6 Å². The number of amides is 1. The van der Waals surface area contributed by atoms with Gasteiger partial charge in [0.2, 0.25) is 10.0 Å². The largest absolute Gasteiger partial charge is 0.452 e. The number of nitrogens with one attached hydrogen (secondary N) is 1. The Morgan fingerprint density at radius 1 is 1.24 bits per heavy atom. The van der Waals surface area contributed by atoms with Crippen LogP contribution >= 0.6 is 0 Å². The Morgan fingerprint density at radius 2 is 1.90 bits per heavy atom. The molecule has 3 rings (SSSR count). The fourth-order valence-corrected chi connectivity index (χ4v) is 5.12. The van der Waals surface area contributed by atoms with E-state index in [-0.39, 0.29) is 47.7 Å². The fraction of sp³-hybridized carbons (Fsp3) is 0.600. The van der Waals surface area contributed by atoms with Gasteiger partial charge < -0.3 is 14.8 Å². The van der Waals surface area contributed by atoms with E-state index in [1.807, 2.05) is 20.8 Å². The molecule has 2 aliphatic rings. The smallest absolute Gasteiger partial charge is 0.338 e. The van der Waals surface area contributed by atoms with Crippen molar-refractivity contribution in [2.75, 3.05) is 19.7 Å². The molecule has 1 aromatic carbocycles. The third-order valence-electron chi connectivity index (χ3n) is 5.15. The normalized spacial score (nSPS) is 24.0. The number of nitrogens with zero attached hydrogens (tertiary/aromatic N) is 1. The Kier molecular flexibility index (Phi) is 6.60. The lowest BCUT2D eigenvalue weighted by molar-refractivity contribution is -0.124. The molecule has 2 fully saturated rings. The molecule has 1 amide bonds. The molecule has 0 bridgehead atoms. The summed E-state index contributed by atoms with van der Waals surface area (Å²) in [6.07, 6.45) is 1.78. The number of benzene rings is 1. The van der Waals surface area contributed by atoms with Gasteiger partial charge in [-0.25, -0.2) is 13.2 Å². The van der Waals surface area contributed by atoms with Crippen LogP contribution in [0.25, 0.3) is 0 Å². The number of rotatable bonds is 7. The zero-order chi connectivity index (χ0) is 21.2. The van der Waals surface area contributed by atoms with Gasteiger partial charge >= 0.3 is 5.97 Å². The van der Waals surface area contributed by atoms with Crippen molar-refractivity contribution in [3.63, 3.8) is 0 Å². The van der Waals surface area contributed by atoms with Gasteiger partial charge in [0.25, 0.3) is 5.91 Å². The number of carbonyl (C=O) groups is 2. The summed E-state index contributed by atoms with van der Waals surface area (Å²) in [7, 11) is -3.77. The summed E-state index contributed by atoms with van der Waals surface area (Å²) in [6.45, 7) is 5.67. The van der Waals surface area contributed by atoms with E-state index in [4.69, 9.17) is 9.47 Å². The lowest BCUT2D eigenvalue weighted by Gasteiger charge is -2.34. The third-order valence-corrected chi connectivity index (χ3v) is 6.97. The Labute approximate surface area is 171 Å². The lowest BCUT2D eigenvalue weighted by Crippen LogP contribution is -2.48. The first-order valence-electron chi connectivity index (χ1n) is 9.89. The summed E-state index contributed by atoms with van der Waals surface area (Å²) in [5, 5.41) is 2.80. The molecule has 0 aromatic heterocycles. The molecule has 1 N–H and O–H groups in total. The minimum absolute atomic E-state index is 0.0139. The van der Waals surface area contributed by atoms with E-state index in [1.165, 1.54) is 28.6 Å². The first-order chi connectivity index (χ1) is 13.7. The zero-order valence-corrected chi connectivity index (χ0v) is 17.8. The van der Waals surface area contributed by atoms with Crippen LogP contribution in [0.3, 0.4) is 0 Å². The van der Waals surface area contributed by atoms with Gasteiger partial charge in [-0.05, 0) is 57.7 Å². The SMILES string of the molecule is C[C@@H]1CN(S(=O)(=O)c2cccc(C(=O)OCC(=O)N[C@@H](C)C3CC3)c2)C[C@H](C)O1. The molecule has 3 atom stereocenters. The molecule has 9 heteroatoms. The Bertz CT molecular complexity index is 857. The predicted molar refractivity (Wildman–Crippen MR) is 106 cm³/mol. The highest BCUT2D eigenvalue weighted by atomic mass is 32.2. The first kappa shape index (κ1) is 21.7.